The zero-order valence-corrected chi connectivity index (χ0v) is 12.9. The molecule has 4 aromatic rings. The first-order chi connectivity index (χ1) is 11.2. The predicted molar refractivity (Wildman–Crippen MR) is 95.3 cm³/mol. The molecule has 23 heavy (non-hydrogen) atoms. The highest BCUT2D eigenvalue weighted by molar-refractivity contribution is 5.83. The largest absolute Gasteiger partial charge is 0.299 e. The lowest BCUT2D eigenvalue weighted by Gasteiger charge is -2.12. The maximum Gasteiger partial charge on any atom is 0.266 e. The van der Waals surface area contributed by atoms with E-state index in [1.54, 1.807) is 4.57 Å². The fourth-order valence-corrected chi connectivity index (χ4v) is 3.18. The molecule has 2 heterocycles. The molecular weight excluding hydrogens is 284 g/mol. The van der Waals surface area contributed by atoms with E-state index in [0.29, 0.717) is 5.39 Å². The highest BCUT2D eigenvalue weighted by Crippen LogP contribution is 2.23. The Balaban J connectivity index is 2.31. The highest BCUT2D eigenvalue weighted by Gasteiger charge is 2.15. The summed E-state index contributed by atoms with van der Waals surface area (Å²) in [6, 6.07) is 19.5. The van der Waals surface area contributed by atoms with E-state index in [2.05, 4.69) is 17.9 Å². The summed E-state index contributed by atoms with van der Waals surface area (Å²) in [7, 11) is 0. The monoisotopic (exact) mass is 300 g/mol. The number of benzene rings is 2. The second-order valence-corrected chi connectivity index (χ2v) is 5.58. The van der Waals surface area contributed by atoms with Gasteiger partial charge in [0.05, 0.1) is 16.6 Å². The second kappa shape index (κ2) is 4.99. The van der Waals surface area contributed by atoms with Gasteiger partial charge in [0.2, 0.25) is 0 Å². The lowest BCUT2D eigenvalue weighted by atomic mass is 10.2. The lowest BCUT2D eigenvalue weighted by Crippen LogP contribution is -2.21. The number of aromatic nitrogens is 2. The van der Waals surface area contributed by atoms with Crippen molar-refractivity contribution in [1.29, 1.82) is 0 Å². The number of rotatable bonds is 2. The second-order valence-electron chi connectivity index (χ2n) is 5.58. The standard InChI is InChI=1S/C20H16N2O/c1-3-15-13-19-21(14(15)2)18-12-8-7-11-17(18)20(23)22(19)16-9-5-4-6-10-16/h3-13H,1H2,2H3. The molecule has 3 heteroatoms. The first kappa shape index (κ1) is 13.6. The zero-order chi connectivity index (χ0) is 16.0. The molecule has 2 aromatic heterocycles. The van der Waals surface area contributed by atoms with Crippen LogP contribution in [-0.4, -0.2) is 8.97 Å². The van der Waals surface area contributed by atoms with E-state index in [-0.39, 0.29) is 5.56 Å². The molecule has 0 aliphatic carbocycles. The van der Waals surface area contributed by atoms with Gasteiger partial charge in [0.15, 0.2) is 0 Å². The molecule has 0 atom stereocenters. The summed E-state index contributed by atoms with van der Waals surface area (Å²) < 4.78 is 3.89. The van der Waals surface area contributed by atoms with E-state index in [0.717, 1.165) is 28.1 Å². The van der Waals surface area contributed by atoms with E-state index in [9.17, 15) is 4.79 Å². The molecule has 2 aromatic carbocycles. The zero-order valence-electron chi connectivity index (χ0n) is 12.9. The molecule has 0 amide bonds. The number of hydrogen-bond donors (Lipinski definition) is 0. The molecule has 0 radical (unpaired) electrons. The predicted octanol–water partition coefficient (Wildman–Crippen LogP) is 4.19. The van der Waals surface area contributed by atoms with Crippen LogP contribution in [0.1, 0.15) is 11.3 Å². The molecule has 0 bridgehead atoms. The maximum absolute atomic E-state index is 13.1. The van der Waals surface area contributed by atoms with Gasteiger partial charge in [-0.05, 0) is 42.8 Å². The molecule has 3 nitrogen and oxygen atoms in total. The quantitative estimate of drug-likeness (QED) is 0.545. The summed E-state index contributed by atoms with van der Waals surface area (Å²) in [5.74, 6) is 0. The number of fused-ring (bicyclic) bond motifs is 3. The Hall–Kier alpha value is -3.07. The normalized spacial score (nSPS) is 11.2. The van der Waals surface area contributed by atoms with Gasteiger partial charge < -0.3 is 0 Å². The van der Waals surface area contributed by atoms with Gasteiger partial charge in [0.25, 0.3) is 5.56 Å². The van der Waals surface area contributed by atoms with E-state index in [1.165, 1.54) is 0 Å². The van der Waals surface area contributed by atoms with Crippen molar-refractivity contribution in [3.8, 4) is 5.69 Å². The Kier molecular flexibility index (Phi) is 2.95. The molecule has 0 unspecified atom stereocenters. The third-order valence-corrected chi connectivity index (χ3v) is 4.31. The third kappa shape index (κ3) is 1.87. The average Bonchev–Trinajstić information content (AvgIpc) is 2.93. The van der Waals surface area contributed by atoms with Gasteiger partial charge in [0.1, 0.15) is 5.65 Å². The average molecular weight is 300 g/mol. The number of para-hydroxylation sites is 2. The van der Waals surface area contributed by atoms with Crippen LogP contribution in [0, 0.1) is 6.92 Å². The van der Waals surface area contributed by atoms with Crippen molar-refractivity contribution in [2.75, 3.05) is 0 Å². The van der Waals surface area contributed by atoms with Crippen LogP contribution in [0.5, 0.6) is 0 Å². The molecule has 0 aliphatic rings. The van der Waals surface area contributed by atoms with Gasteiger partial charge in [-0.1, -0.05) is 43.0 Å². The summed E-state index contributed by atoms with van der Waals surface area (Å²) in [4.78, 5) is 13.1. The topological polar surface area (TPSA) is 26.4 Å². The lowest BCUT2D eigenvalue weighted by molar-refractivity contribution is 0.985. The van der Waals surface area contributed by atoms with Gasteiger partial charge in [-0.25, -0.2) is 0 Å². The fraction of sp³-hybridized carbons (Fsp3) is 0.0500. The van der Waals surface area contributed by atoms with E-state index in [4.69, 9.17) is 0 Å². The molecule has 0 N–H and O–H groups in total. The minimum atomic E-state index is -0.00703. The summed E-state index contributed by atoms with van der Waals surface area (Å²) in [5.41, 5.74) is 4.74. The van der Waals surface area contributed by atoms with E-state index >= 15 is 0 Å². The summed E-state index contributed by atoms with van der Waals surface area (Å²) in [6.45, 7) is 5.94. The van der Waals surface area contributed by atoms with Gasteiger partial charge in [-0.2, -0.15) is 0 Å². The molecule has 0 spiro atoms. The highest BCUT2D eigenvalue weighted by atomic mass is 16.1. The van der Waals surface area contributed by atoms with Crippen molar-refractivity contribution in [2.45, 2.75) is 6.92 Å². The van der Waals surface area contributed by atoms with Crippen molar-refractivity contribution < 1.29 is 0 Å². The molecule has 4 rings (SSSR count). The smallest absolute Gasteiger partial charge is 0.266 e. The molecular formula is C20H16N2O. The van der Waals surface area contributed by atoms with Crippen LogP contribution in [0.25, 0.3) is 28.3 Å². The Morgan fingerprint density at radius 1 is 1.00 bits per heavy atom. The molecule has 0 saturated carbocycles. The van der Waals surface area contributed by atoms with Gasteiger partial charge >= 0.3 is 0 Å². The summed E-state index contributed by atoms with van der Waals surface area (Å²) in [6.07, 6.45) is 1.83. The SMILES string of the molecule is C=Cc1cc2n(-c3ccccc3)c(=O)c3ccccc3n2c1C. The Bertz CT molecular complexity index is 1100. The van der Waals surface area contributed by atoms with Crippen LogP contribution in [0.15, 0.2) is 72.0 Å². The summed E-state index contributed by atoms with van der Waals surface area (Å²) in [5, 5.41) is 0.707. The van der Waals surface area contributed by atoms with Crippen molar-refractivity contribution >= 4 is 22.6 Å². The van der Waals surface area contributed by atoms with Crippen molar-refractivity contribution in [2.24, 2.45) is 0 Å². The van der Waals surface area contributed by atoms with Gasteiger partial charge in [-0.3, -0.25) is 13.8 Å². The Morgan fingerprint density at radius 2 is 1.70 bits per heavy atom. The first-order valence-corrected chi connectivity index (χ1v) is 7.56. The molecule has 112 valence electrons. The van der Waals surface area contributed by atoms with E-state index in [1.807, 2.05) is 66.7 Å². The Labute approximate surface area is 133 Å². The van der Waals surface area contributed by atoms with Crippen molar-refractivity contribution in [1.82, 2.24) is 8.97 Å². The van der Waals surface area contributed by atoms with Crippen LogP contribution < -0.4 is 5.56 Å². The molecule has 0 fully saturated rings. The molecule has 0 aliphatic heterocycles. The van der Waals surface area contributed by atoms with Crippen molar-refractivity contribution in [3.05, 3.63) is 88.9 Å². The van der Waals surface area contributed by atoms with Crippen LogP contribution in [0.2, 0.25) is 0 Å². The van der Waals surface area contributed by atoms with Crippen LogP contribution >= 0.6 is 0 Å². The van der Waals surface area contributed by atoms with Crippen LogP contribution in [-0.2, 0) is 0 Å². The minimum Gasteiger partial charge on any atom is -0.299 e. The number of aryl methyl sites for hydroxylation is 1. The van der Waals surface area contributed by atoms with Crippen LogP contribution in [0.4, 0.5) is 0 Å². The fourth-order valence-electron chi connectivity index (χ4n) is 3.18. The molecule has 0 saturated heterocycles. The van der Waals surface area contributed by atoms with E-state index < -0.39 is 0 Å². The number of hydrogen-bond acceptors (Lipinski definition) is 1. The van der Waals surface area contributed by atoms with Gasteiger partial charge in [-0.15, -0.1) is 0 Å². The minimum absolute atomic E-state index is 0.00703. The third-order valence-electron chi connectivity index (χ3n) is 4.31. The first-order valence-electron chi connectivity index (χ1n) is 7.56. The summed E-state index contributed by atoms with van der Waals surface area (Å²) >= 11 is 0. The van der Waals surface area contributed by atoms with Crippen LogP contribution in [0.3, 0.4) is 0 Å². The van der Waals surface area contributed by atoms with Gasteiger partial charge in [0, 0.05) is 5.69 Å². The van der Waals surface area contributed by atoms with Crippen molar-refractivity contribution in [3.63, 3.8) is 0 Å². The Morgan fingerprint density at radius 3 is 2.43 bits per heavy atom. The number of nitrogens with zero attached hydrogens (tertiary/aromatic N) is 2. The maximum atomic E-state index is 13.1.